The van der Waals surface area contributed by atoms with Crippen molar-refractivity contribution in [3.05, 3.63) is 47.7 Å². The zero-order chi connectivity index (χ0) is 13.0. The second-order valence-corrected chi connectivity index (χ2v) is 4.06. The lowest BCUT2D eigenvalue weighted by molar-refractivity contribution is -0.134. The molecule has 2 aromatic rings. The second kappa shape index (κ2) is 5.51. The van der Waals surface area contributed by atoms with Crippen LogP contribution in [0.5, 0.6) is 0 Å². The van der Waals surface area contributed by atoms with Gasteiger partial charge >= 0.3 is 5.97 Å². The Morgan fingerprint density at radius 2 is 2.06 bits per heavy atom. The Bertz CT molecular complexity index is 572. The molecule has 1 heterocycles. The molecule has 92 valence electrons. The maximum absolute atomic E-state index is 10.6. The van der Waals surface area contributed by atoms with Crippen LogP contribution in [0.4, 0.5) is 5.69 Å². The molecule has 1 aromatic heterocycles. The third kappa shape index (κ3) is 2.78. The molecule has 4 nitrogen and oxygen atoms in total. The summed E-state index contributed by atoms with van der Waals surface area (Å²) in [6.45, 7) is -0.164. The number of rotatable bonds is 4. The van der Waals surface area contributed by atoms with Crippen molar-refractivity contribution in [2.75, 3.05) is 11.9 Å². The van der Waals surface area contributed by atoms with Crippen molar-refractivity contribution in [3.63, 3.8) is 0 Å². The highest BCUT2D eigenvalue weighted by molar-refractivity contribution is 6.33. The lowest BCUT2D eigenvalue weighted by atomic mass is 10.1. The van der Waals surface area contributed by atoms with E-state index in [1.165, 1.54) is 0 Å². The van der Waals surface area contributed by atoms with Gasteiger partial charge in [0.25, 0.3) is 0 Å². The minimum Gasteiger partial charge on any atom is -0.480 e. The highest BCUT2D eigenvalue weighted by Crippen LogP contribution is 2.32. The number of halogens is 1. The van der Waals surface area contributed by atoms with Gasteiger partial charge in [0.15, 0.2) is 0 Å². The lowest BCUT2D eigenvalue weighted by Crippen LogP contribution is -2.13. The molecule has 18 heavy (non-hydrogen) atoms. The summed E-state index contributed by atoms with van der Waals surface area (Å²) in [4.78, 5) is 14.6. The van der Waals surface area contributed by atoms with Crippen molar-refractivity contribution >= 4 is 23.3 Å². The zero-order valence-corrected chi connectivity index (χ0v) is 10.2. The first-order valence-corrected chi connectivity index (χ1v) is 5.71. The Morgan fingerprint density at radius 3 is 2.78 bits per heavy atom. The summed E-state index contributed by atoms with van der Waals surface area (Å²) in [6, 6.07) is 9.19. The number of aliphatic carboxylic acids is 1. The molecule has 0 spiro atoms. The quantitative estimate of drug-likeness (QED) is 0.889. The van der Waals surface area contributed by atoms with Crippen LogP contribution in [0.3, 0.4) is 0 Å². The van der Waals surface area contributed by atoms with Gasteiger partial charge in [-0.25, -0.2) is 0 Å². The lowest BCUT2D eigenvalue weighted by Gasteiger charge is -2.11. The molecular weight excluding hydrogens is 252 g/mol. The smallest absolute Gasteiger partial charge is 0.322 e. The molecule has 1 aromatic carbocycles. The van der Waals surface area contributed by atoms with Gasteiger partial charge in [-0.1, -0.05) is 29.8 Å². The molecule has 0 aliphatic carbocycles. The molecule has 0 saturated heterocycles. The van der Waals surface area contributed by atoms with Gasteiger partial charge in [-0.15, -0.1) is 0 Å². The number of anilines is 1. The molecule has 2 rings (SSSR count). The van der Waals surface area contributed by atoms with E-state index in [-0.39, 0.29) is 6.54 Å². The van der Waals surface area contributed by atoms with Crippen molar-refractivity contribution in [3.8, 4) is 11.1 Å². The molecule has 0 amide bonds. The number of benzene rings is 1. The topological polar surface area (TPSA) is 62.2 Å². The summed E-state index contributed by atoms with van der Waals surface area (Å²) >= 11 is 6.13. The van der Waals surface area contributed by atoms with Gasteiger partial charge in [-0.05, 0) is 12.1 Å². The van der Waals surface area contributed by atoms with Gasteiger partial charge in [0.2, 0.25) is 0 Å². The largest absolute Gasteiger partial charge is 0.480 e. The first kappa shape index (κ1) is 12.4. The highest BCUT2D eigenvalue weighted by Gasteiger charge is 2.08. The molecule has 0 fully saturated rings. The van der Waals surface area contributed by atoms with Gasteiger partial charge in [0.05, 0.1) is 11.9 Å². The molecule has 0 aliphatic rings. The van der Waals surface area contributed by atoms with E-state index in [0.29, 0.717) is 10.7 Å². The fraction of sp³-hybridized carbons (Fsp3) is 0.0769. The van der Waals surface area contributed by atoms with E-state index < -0.39 is 5.97 Å². The van der Waals surface area contributed by atoms with E-state index >= 15 is 0 Å². The van der Waals surface area contributed by atoms with Crippen LogP contribution < -0.4 is 5.32 Å². The standard InChI is InChI=1S/C13H11ClN2O2/c14-11-4-2-1-3-9(11)10-5-6-15-7-12(10)16-8-13(17)18/h1-7,16H,8H2,(H,17,18). The van der Waals surface area contributed by atoms with Crippen LogP contribution in [-0.4, -0.2) is 22.6 Å². The number of hydrogen-bond donors (Lipinski definition) is 2. The fourth-order valence-electron chi connectivity index (χ4n) is 1.62. The van der Waals surface area contributed by atoms with Crippen molar-refractivity contribution in [2.45, 2.75) is 0 Å². The van der Waals surface area contributed by atoms with Crippen molar-refractivity contribution in [2.24, 2.45) is 0 Å². The van der Waals surface area contributed by atoms with Crippen LogP contribution in [0.25, 0.3) is 11.1 Å². The fourth-order valence-corrected chi connectivity index (χ4v) is 1.86. The predicted molar refractivity (Wildman–Crippen MR) is 70.8 cm³/mol. The van der Waals surface area contributed by atoms with Crippen molar-refractivity contribution in [1.82, 2.24) is 4.98 Å². The molecule has 2 N–H and O–H groups in total. The minimum atomic E-state index is -0.927. The summed E-state index contributed by atoms with van der Waals surface area (Å²) in [5, 5.41) is 12.1. The summed E-state index contributed by atoms with van der Waals surface area (Å²) in [7, 11) is 0. The second-order valence-electron chi connectivity index (χ2n) is 3.65. The van der Waals surface area contributed by atoms with Gasteiger partial charge < -0.3 is 10.4 Å². The van der Waals surface area contributed by atoms with E-state index in [0.717, 1.165) is 11.1 Å². The molecule has 5 heteroatoms. The molecule has 0 atom stereocenters. The number of carbonyl (C=O) groups is 1. The van der Waals surface area contributed by atoms with Gasteiger partial charge in [-0.2, -0.15) is 0 Å². The van der Waals surface area contributed by atoms with Crippen LogP contribution >= 0.6 is 11.6 Å². The maximum Gasteiger partial charge on any atom is 0.322 e. The van der Waals surface area contributed by atoms with Crippen molar-refractivity contribution < 1.29 is 9.90 Å². The van der Waals surface area contributed by atoms with E-state index in [4.69, 9.17) is 16.7 Å². The number of hydrogen-bond acceptors (Lipinski definition) is 3. The predicted octanol–water partition coefficient (Wildman–Crippen LogP) is 2.90. The average molecular weight is 263 g/mol. The Morgan fingerprint density at radius 1 is 1.28 bits per heavy atom. The number of nitrogens with zero attached hydrogens (tertiary/aromatic N) is 1. The molecule has 0 aliphatic heterocycles. The third-order valence-electron chi connectivity index (χ3n) is 2.42. The Kier molecular flexibility index (Phi) is 3.79. The van der Waals surface area contributed by atoms with Crippen LogP contribution in [0.1, 0.15) is 0 Å². The van der Waals surface area contributed by atoms with Gasteiger partial charge in [-0.3, -0.25) is 9.78 Å². The minimum absolute atomic E-state index is 0.164. The Labute approximate surface area is 109 Å². The van der Waals surface area contributed by atoms with Crippen LogP contribution in [0, 0.1) is 0 Å². The number of aromatic nitrogens is 1. The third-order valence-corrected chi connectivity index (χ3v) is 2.74. The maximum atomic E-state index is 10.6. The van der Waals surface area contributed by atoms with E-state index in [9.17, 15) is 4.79 Å². The summed E-state index contributed by atoms with van der Waals surface area (Å²) in [5.74, 6) is -0.927. The van der Waals surface area contributed by atoms with Crippen LogP contribution in [-0.2, 0) is 4.79 Å². The summed E-state index contributed by atoms with van der Waals surface area (Å²) < 4.78 is 0. The van der Waals surface area contributed by atoms with Gasteiger partial charge in [0, 0.05) is 22.3 Å². The normalized spacial score (nSPS) is 10.1. The summed E-state index contributed by atoms with van der Waals surface area (Å²) in [6.07, 6.45) is 3.23. The molecule has 0 radical (unpaired) electrons. The first-order valence-electron chi connectivity index (χ1n) is 5.33. The van der Waals surface area contributed by atoms with Crippen LogP contribution in [0.2, 0.25) is 5.02 Å². The highest BCUT2D eigenvalue weighted by atomic mass is 35.5. The van der Waals surface area contributed by atoms with Gasteiger partial charge in [0.1, 0.15) is 6.54 Å². The van der Waals surface area contributed by atoms with Crippen molar-refractivity contribution in [1.29, 1.82) is 0 Å². The monoisotopic (exact) mass is 262 g/mol. The van der Waals surface area contributed by atoms with E-state index in [1.54, 1.807) is 24.5 Å². The van der Waals surface area contributed by atoms with Crippen LogP contribution in [0.15, 0.2) is 42.7 Å². The zero-order valence-electron chi connectivity index (χ0n) is 9.43. The molecule has 0 bridgehead atoms. The SMILES string of the molecule is O=C(O)CNc1cnccc1-c1ccccc1Cl. The number of carboxylic acid groups (broad SMARTS) is 1. The van der Waals surface area contributed by atoms with E-state index in [2.05, 4.69) is 10.3 Å². The molecular formula is C13H11ClN2O2. The van der Waals surface area contributed by atoms with E-state index in [1.807, 2.05) is 18.2 Å². The molecule has 0 saturated carbocycles. The summed E-state index contributed by atoms with van der Waals surface area (Å²) in [5.41, 5.74) is 2.32. The average Bonchev–Trinajstić information content (AvgIpc) is 2.37. The molecule has 0 unspecified atom stereocenters. The number of carboxylic acids is 1. The number of nitrogens with one attached hydrogen (secondary N) is 1. The Hall–Kier alpha value is -2.07. The Balaban J connectivity index is 2.39. The first-order chi connectivity index (χ1) is 8.68. The number of pyridine rings is 1.